The van der Waals surface area contributed by atoms with Crippen LogP contribution in [0.2, 0.25) is 0 Å². The van der Waals surface area contributed by atoms with Gasteiger partial charge >= 0.3 is 5.92 Å². The molecule has 1 saturated heterocycles. The summed E-state index contributed by atoms with van der Waals surface area (Å²) in [5.74, 6) is -3.83. The quantitative estimate of drug-likeness (QED) is 0.601. The van der Waals surface area contributed by atoms with Gasteiger partial charge in [-0.3, -0.25) is 14.7 Å². The van der Waals surface area contributed by atoms with Crippen molar-refractivity contribution in [3.05, 3.63) is 47.3 Å². The lowest BCUT2D eigenvalue weighted by molar-refractivity contribution is -0.117. The Morgan fingerprint density at radius 3 is 2.62 bits per heavy atom. The van der Waals surface area contributed by atoms with E-state index in [1.165, 1.54) is 0 Å². The molecule has 1 aliphatic heterocycles. The molecular weight excluding hydrogens is 418 g/mol. The number of nitrogens with zero attached hydrogens (tertiary/aromatic N) is 5. The molecule has 8 nitrogen and oxygen atoms in total. The van der Waals surface area contributed by atoms with Crippen molar-refractivity contribution in [2.75, 3.05) is 26.3 Å². The van der Waals surface area contributed by atoms with Crippen molar-refractivity contribution in [1.82, 2.24) is 24.4 Å². The van der Waals surface area contributed by atoms with Crippen molar-refractivity contribution in [1.29, 1.82) is 0 Å². The number of aryl methyl sites for hydroxylation is 1. The van der Waals surface area contributed by atoms with Gasteiger partial charge in [-0.05, 0) is 18.1 Å². The van der Waals surface area contributed by atoms with Crippen LogP contribution in [-0.4, -0.2) is 56.6 Å². The Labute approximate surface area is 184 Å². The number of primary amides is 1. The van der Waals surface area contributed by atoms with Gasteiger partial charge in [0.05, 0.1) is 30.8 Å². The van der Waals surface area contributed by atoms with Gasteiger partial charge in [0.1, 0.15) is 5.82 Å². The Bertz CT molecular complexity index is 1140. The molecule has 0 atom stereocenters. The van der Waals surface area contributed by atoms with E-state index < -0.39 is 17.7 Å². The van der Waals surface area contributed by atoms with Crippen LogP contribution in [0, 0.1) is 0 Å². The van der Waals surface area contributed by atoms with E-state index in [-0.39, 0.29) is 6.42 Å². The van der Waals surface area contributed by atoms with Gasteiger partial charge in [0.2, 0.25) is 11.7 Å². The van der Waals surface area contributed by atoms with Crippen LogP contribution in [0.1, 0.15) is 36.6 Å². The highest BCUT2D eigenvalue weighted by Gasteiger charge is 2.29. The monoisotopic (exact) mass is 444 g/mol. The molecule has 1 aliphatic rings. The molecule has 1 amide bonds. The highest BCUT2D eigenvalue weighted by atomic mass is 19.3. The number of hydrogen-bond acceptors (Lipinski definition) is 6. The third-order valence-corrected chi connectivity index (χ3v) is 5.45. The van der Waals surface area contributed by atoms with Crippen molar-refractivity contribution in [2.45, 2.75) is 39.2 Å². The summed E-state index contributed by atoms with van der Waals surface area (Å²) in [7, 11) is 0. The molecule has 170 valence electrons. The fraction of sp³-hybridized carbons (Fsp3) is 0.455. The first-order valence-corrected chi connectivity index (χ1v) is 10.6. The molecule has 0 radical (unpaired) electrons. The van der Waals surface area contributed by atoms with E-state index in [0.29, 0.717) is 43.4 Å². The Kier molecular flexibility index (Phi) is 6.16. The third kappa shape index (κ3) is 4.76. The number of nitrogens with two attached hydrogens (primary N) is 1. The minimum Gasteiger partial charge on any atom is -0.379 e. The topological polar surface area (TPSA) is 99.2 Å². The second kappa shape index (κ2) is 8.87. The molecule has 32 heavy (non-hydrogen) atoms. The van der Waals surface area contributed by atoms with Gasteiger partial charge in [-0.15, -0.1) is 0 Å². The van der Waals surface area contributed by atoms with Gasteiger partial charge in [-0.2, -0.15) is 8.78 Å². The molecule has 4 heterocycles. The van der Waals surface area contributed by atoms with Gasteiger partial charge in [0.15, 0.2) is 0 Å². The van der Waals surface area contributed by atoms with Crippen molar-refractivity contribution < 1.29 is 18.3 Å². The van der Waals surface area contributed by atoms with Crippen LogP contribution in [-0.2, 0) is 34.8 Å². The average Bonchev–Trinajstić information content (AvgIpc) is 3.10. The number of halogens is 2. The smallest absolute Gasteiger partial charge is 0.303 e. The summed E-state index contributed by atoms with van der Waals surface area (Å²) in [5, 5.41) is 0.867. The number of morpholine rings is 1. The average molecular weight is 444 g/mol. The highest BCUT2D eigenvalue weighted by Crippen LogP contribution is 2.29. The second-order valence-electron chi connectivity index (χ2n) is 8.03. The first-order valence-electron chi connectivity index (χ1n) is 10.6. The first kappa shape index (κ1) is 22.2. The molecule has 0 aromatic carbocycles. The van der Waals surface area contributed by atoms with E-state index in [1.54, 1.807) is 22.9 Å². The second-order valence-corrected chi connectivity index (χ2v) is 8.03. The molecule has 1 fully saturated rings. The van der Waals surface area contributed by atoms with Gasteiger partial charge < -0.3 is 15.0 Å². The Morgan fingerprint density at radius 1 is 1.22 bits per heavy atom. The fourth-order valence-corrected chi connectivity index (χ4v) is 3.80. The number of carbonyl (C=O) groups is 1. The van der Waals surface area contributed by atoms with E-state index in [4.69, 9.17) is 10.5 Å². The molecule has 10 heteroatoms. The summed E-state index contributed by atoms with van der Waals surface area (Å²) in [6, 6.07) is 3.47. The maximum absolute atomic E-state index is 14.1. The predicted octanol–water partition coefficient (Wildman–Crippen LogP) is 2.35. The van der Waals surface area contributed by atoms with Crippen LogP contribution in [0.5, 0.6) is 0 Å². The van der Waals surface area contributed by atoms with Crippen LogP contribution in [0.25, 0.3) is 16.7 Å². The lowest BCUT2D eigenvalue weighted by atomic mass is 10.1. The molecule has 0 unspecified atom stereocenters. The molecule has 0 saturated carbocycles. The maximum Gasteiger partial charge on any atom is 0.303 e. The van der Waals surface area contributed by atoms with Crippen LogP contribution in [0.15, 0.2) is 24.5 Å². The zero-order chi connectivity index (χ0) is 22.9. The van der Waals surface area contributed by atoms with Gasteiger partial charge in [-0.25, -0.2) is 9.97 Å². The fourth-order valence-electron chi connectivity index (χ4n) is 3.80. The highest BCUT2D eigenvalue weighted by molar-refractivity contribution is 5.86. The van der Waals surface area contributed by atoms with Crippen molar-refractivity contribution in [2.24, 2.45) is 5.73 Å². The van der Waals surface area contributed by atoms with Crippen LogP contribution >= 0.6 is 0 Å². The molecular formula is C22H26F2N6O2. The molecule has 4 rings (SSSR count). The van der Waals surface area contributed by atoms with E-state index in [1.807, 2.05) is 13.1 Å². The summed E-state index contributed by atoms with van der Waals surface area (Å²) in [5.41, 5.74) is 8.09. The normalized spacial score (nSPS) is 15.4. The van der Waals surface area contributed by atoms with E-state index in [9.17, 15) is 13.6 Å². The summed E-state index contributed by atoms with van der Waals surface area (Å²) >= 11 is 0. The number of hydrogen-bond donors (Lipinski definition) is 1. The number of carbonyl (C=O) groups excluding carboxylic acids is 1. The van der Waals surface area contributed by atoms with Crippen LogP contribution < -0.4 is 5.73 Å². The lowest BCUT2D eigenvalue weighted by Gasteiger charge is -2.26. The molecule has 2 N–H and O–H groups in total. The zero-order valence-electron chi connectivity index (χ0n) is 18.1. The van der Waals surface area contributed by atoms with Gasteiger partial charge in [-0.1, -0.05) is 6.92 Å². The Morgan fingerprint density at radius 2 is 1.97 bits per heavy atom. The van der Waals surface area contributed by atoms with Crippen LogP contribution in [0.3, 0.4) is 0 Å². The van der Waals surface area contributed by atoms with E-state index >= 15 is 0 Å². The summed E-state index contributed by atoms with van der Waals surface area (Å²) < 4.78 is 35.4. The number of rotatable bonds is 7. The summed E-state index contributed by atoms with van der Waals surface area (Å²) in [6.07, 6.45) is 4.08. The van der Waals surface area contributed by atoms with E-state index in [0.717, 1.165) is 36.5 Å². The number of alkyl halides is 2. The minimum absolute atomic E-state index is 0.0117. The largest absolute Gasteiger partial charge is 0.379 e. The van der Waals surface area contributed by atoms with E-state index in [2.05, 4.69) is 19.9 Å². The number of pyridine rings is 1. The summed E-state index contributed by atoms with van der Waals surface area (Å²) in [6.45, 7) is 6.25. The van der Waals surface area contributed by atoms with Crippen molar-refractivity contribution >= 4 is 16.8 Å². The Hall–Kier alpha value is -2.98. The maximum atomic E-state index is 14.1. The minimum atomic E-state index is -3.17. The van der Waals surface area contributed by atoms with Crippen molar-refractivity contribution in [3.8, 4) is 5.82 Å². The van der Waals surface area contributed by atoms with Crippen molar-refractivity contribution in [3.63, 3.8) is 0 Å². The van der Waals surface area contributed by atoms with Gasteiger partial charge in [0.25, 0.3) is 0 Å². The molecule has 0 spiro atoms. The first-order chi connectivity index (χ1) is 15.2. The standard InChI is InChI=1S/C22H26F2N6O2/c1-3-15-10-20(28-21(27-15)22(2,23)24)30-13-14(12-29-4-6-32-7-5-29)17-11-26-16(8-18(17)30)9-19(25)31/h8,10-11,13H,3-7,9,12H2,1-2H3,(H2,25,31). The third-order valence-electron chi connectivity index (χ3n) is 5.45. The molecule has 0 bridgehead atoms. The zero-order valence-corrected chi connectivity index (χ0v) is 18.1. The van der Waals surface area contributed by atoms with Gasteiger partial charge in [0, 0.05) is 56.1 Å². The molecule has 3 aromatic rings. The number of aromatic nitrogens is 4. The lowest BCUT2D eigenvalue weighted by Crippen LogP contribution is -2.35. The van der Waals surface area contributed by atoms with Crippen LogP contribution in [0.4, 0.5) is 8.78 Å². The summed E-state index contributed by atoms with van der Waals surface area (Å²) in [4.78, 5) is 26.3. The number of fused-ring (bicyclic) bond motifs is 1. The Balaban J connectivity index is 1.86. The SMILES string of the molecule is CCc1cc(-n2cc(CN3CCOCC3)c3cnc(CC(N)=O)cc32)nc(C(C)(F)F)n1. The number of amides is 1. The molecule has 0 aliphatic carbocycles. The number of ether oxygens (including phenoxy) is 1. The molecule has 3 aromatic heterocycles. The predicted molar refractivity (Wildman–Crippen MR) is 115 cm³/mol.